The molecule has 19 heavy (non-hydrogen) atoms. The zero-order chi connectivity index (χ0) is 14.0. The SMILES string of the molecule is CC(C)(N)CN1CCN(c2cccc(F)c2F)CC1. The van der Waals surface area contributed by atoms with Crippen molar-refractivity contribution in [2.45, 2.75) is 19.4 Å². The summed E-state index contributed by atoms with van der Waals surface area (Å²) >= 11 is 0. The Morgan fingerprint density at radius 2 is 1.79 bits per heavy atom. The lowest BCUT2D eigenvalue weighted by atomic mass is 10.1. The van der Waals surface area contributed by atoms with Gasteiger partial charge in [0.15, 0.2) is 11.6 Å². The van der Waals surface area contributed by atoms with Crippen LogP contribution in [0, 0.1) is 11.6 Å². The number of anilines is 1. The predicted molar refractivity (Wildman–Crippen MR) is 73.3 cm³/mol. The van der Waals surface area contributed by atoms with Crippen LogP contribution >= 0.6 is 0 Å². The van der Waals surface area contributed by atoms with E-state index in [4.69, 9.17) is 5.73 Å². The maximum absolute atomic E-state index is 13.7. The number of nitrogens with zero attached hydrogens (tertiary/aromatic N) is 2. The van der Waals surface area contributed by atoms with Gasteiger partial charge in [0.2, 0.25) is 0 Å². The molecule has 2 N–H and O–H groups in total. The van der Waals surface area contributed by atoms with Crippen molar-refractivity contribution < 1.29 is 8.78 Å². The van der Waals surface area contributed by atoms with E-state index in [2.05, 4.69) is 4.90 Å². The summed E-state index contributed by atoms with van der Waals surface area (Å²) < 4.78 is 26.9. The molecule has 0 aliphatic carbocycles. The molecule has 3 nitrogen and oxygen atoms in total. The first-order valence-corrected chi connectivity index (χ1v) is 6.57. The lowest BCUT2D eigenvalue weighted by Crippen LogP contribution is -2.53. The normalized spacial score (nSPS) is 17.8. The number of halogens is 2. The minimum Gasteiger partial charge on any atom is -0.367 e. The van der Waals surface area contributed by atoms with E-state index in [0.29, 0.717) is 18.8 Å². The molecule has 0 saturated carbocycles. The van der Waals surface area contributed by atoms with Gasteiger partial charge in [0.25, 0.3) is 0 Å². The highest BCUT2D eigenvalue weighted by molar-refractivity contribution is 5.48. The molecule has 106 valence electrons. The molecule has 1 fully saturated rings. The fraction of sp³-hybridized carbons (Fsp3) is 0.571. The lowest BCUT2D eigenvalue weighted by Gasteiger charge is -2.38. The van der Waals surface area contributed by atoms with E-state index in [0.717, 1.165) is 25.7 Å². The number of rotatable bonds is 3. The first-order valence-electron chi connectivity index (χ1n) is 6.57. The van der Waals surface area contributed by atoms with Crippen molar-refractivity contribution in [3.05, 3.63) is 29.8 Å². The van der Waals surface area contributed by atoms with Gasteiger partial charge in [-0.25, -0.2) is 8.78 Å². The third-order valence-electron chi connectivity index (χ3n) is 3.28. The molecule has 0 bridgehead atoms. The van der Waals surface area contributed by atoms with Crippen LogP contribution < -0.4 is 10.6 Å². The monoisotopic (exact) mass is 269 g/mol. The van der Waals surface area contributed by atoms with E-state index >= 15 is 0 Å². The van der Waals surface area contributed by atoms with E-state index < -0.39 is 11.6 Å². The summed E-state index contributed by atoms with van der Waals surface area (Å²) in [6.07, 6.45) is 0. The Balaban J connectivity index is 1.98. The highest BCUT2D eigenvalue weighted by atomic mass is 19.2. The second kappa shape index (κ2) is 5.43. The molecular weight excluding hydrogens is 248 g/mol. The van der Waals surface area contributed by atoms with Crippen LogP contribution in [-0.4, -0.2) is 43.2 Å². The van der Waals surface area contributed by atoms with Gasteiger partial charge in [-0.2, -0.15) is 0 Å². The molecule has 1 aliphatic heterocycles. The summed E-state index contributed by atoms with van der Waals surface area (Å²) in [6.45, 7) is 7.81. The van der Waals surface area contributed by atoms with Crippen LogP contribution in [-0.2, 0) is 0 Å². The van der Waals surface area contributed by atoms with Gasteiger partial charge in [-0.15, -0.1) is 0 Å². The first kappa shape index (κ1) is 14.2. The van der Waals surface area contributed by atoms with Crippen molar-refractivity contribution in [1.82, 2.24) is 4.90 Å². The van der Waals surface area contributed by atoms with Gasteiger partial charge in [0, 0.05) is 38.3 Å². The summed E-state index contributed by atoms with van der Waals surface area (Å²) in [5, 5.41) is 0. The van der Waals surface area contributed by atoms with Gasteiger partial charge in [-0.3, -0.25) is 4.90 Å². The third kappa shape index (κ3) is 3.64. The second-order valence-corrected chi connectivity index (χ2v) is 5.82. The summed E-state index contributed by atoms with van der Waals surface area (Å²) in [4.78, 5) is 4.14. The Morgan fingerprint density at radius 1 is 1.16 bits per heavy atom. The quantitative estimate of drug-likeness (QED) is 0.908. The minimum absolute atomic E-state index is 0.230. The average molecular weight is 269 g/mol. The molecule has 1 heterocycles. The largest absolute Gasteiger partial charge is 0.367 e. The fourth-order valence-corrected chi connectivity index (χ4v) is 2.46. The van der Waals surface area contributed by atoms with E-state index in [1.54, 1.807) is 12.1 Å². The molecular formula is C14H21F2N3. The summed E-state index contributed by atoms with van der Waals surface area (Å²) in [6, 6.07) is 4.32. The summed E-state index contributed by atoms with van der Waals surface area (Å²) in [5.41, 5.74) is 6.11. The van der Waals surface area contributed by atoms with Crippen molar-refractivity contribution in [3.8, 4) is 0 Å². The molecule has 5 heteroatoms. The van der Waals surface area contributed by atoms with Crippen LogP contribution in [0.1, 0.15) is 13.8 Å². The van der Waals surface area contributed by atoms with Gasteiger partial charge in [-0.1, -0.05) is 6.07 Å². The molecule has 1 aliphatic rings. The Bertz CT molecular complexity index is 435. The number of benzene rings is 1. The van der Waals surface area contributed by atoms with Crippen LogP contribution in [0.4, 0.5) is 14.5 Å². The molecule has 0 unspecified atom stereocenters. The van der Waals surface area contributed by atoms with Crippen molar-refractivity contribution in [2.24, 2.45) is 5.73 Å². The molecule has 0 aromatic heterocycles. The molecule has 1 aromatic rings. The topological polar surface area (TPSA) is 32.5 Å². The first-order chi connectivity index (χ1) is 8.87. The average Bonchev–Trinajstić information content (AvgIpc) is 2.32. The third-order valence-corrected chi connectivity index (χ3v) is 3.28. The van der Waals surface area contributed by atoms with Crippen molar-refractivity contribution in [2.75, 3.05) is 37.6 Å². The van der Waals surface area contributed by atoms with E-state index in [9.17, 15) is 8.78 Å². The molecule has 0 amide bonds. The van der Waals surface area contributed by atoms with Crippen LogP contribution in [0.15, 0.2) is 18.2 Å². The Hall–Kier alpha value is -1.20. The molecule has 0 radical (unpaired) electrons. The lowest BCUT2D eigenvalue weighted by molar-refractivity contribution is 0.214. The molecule has 0 atom stereocenters. The Labute approximate surface area is 113 Å². The highest BCUT2D eigenvalue weighted by Gasteiger charge is 2.23. The fourth-order valence-electron chi connectivity index (χ4n) is 2.46. The second-order valence-electron chi connectivity index (χ2n) is 5.82. The summed E-state index contributed by atoms with van der Waals surface area (Å²) in [5.74, 6) is -1.54. The van der Waals surface area contributed by atoms with Gasteiger partial charge in [0.05, 0.1) is 5.69 Å². The Kier molecular flexibility index (Phi) is 4.06. The maximum Gasteiger partial charge on any atom is 0.182 e. The van der Waals surface area contributed by atoms with Crippen molar-refractivity contribution in [3.63, 3.8) is 0 Å². The molecule has 1 saturated heterocycles. The van der Waals surface area contributed by atoms with Gasteiger partial charge < -0.3 is 10.6 Å². The van der Waals surface area contributed by atoms with Gasteiger partial charge in [-0.05, 0) is 26.0 Å². The number of hydrogen-bond acceptors (Lipinski definition) is 3. The Morgan fingerprint density at radius 3 is 2.37 bits per heavy atom. The molecule has 1 aromatic carbocycles. The van der Waals surface area contributed by atoms with Gasteiger partial charge in [0.1, 0.15) is 0 Å². The molecule has 2 rings (SSSR count). The van der Waals surface area contributed by atoms with Crippen LogP contribution in [0.2, 0.25) is 0 Å². The summed E-state index contributed by atoms with van der Waals surface area (Å²) in [7, 11) is 0. The standard InChI is InChI=1S/C14H21F2N3/c1-14(2,17)10-18-6-8-19(9-7-18)12-5-3-4-11(15)13(12)16/h3-5H,6-10,17H2,1-2H3. The van der Waals surface area contributed by atoms with Crippen LogP contribution in [0.5, 0.6) is 0 Å². The zero-order valence-corrected chi connectivity index (χ0v) is 11.5. The van der Waals surface area contributed by atoms with E-state index in [-0.39, 0.29) is 5.54 Å². The van der Waals surface area contributed by atoms with Crippen molar-refractivity contribution >= 4 is 5.69 Å². The smallest absolute Gasteiger partial charge is 0.182 e. The van der Waals surface area contributed by atoms with Gasteiger partial charge >= 0.3 is 0 Å². The van der Waals surface area contributed by atoms with Crippen LogP contribution in [0.3, 0.4) is 0 Å². The number of piperazine rings is 1. The number of hydrogen-bond donors (Lipinski definition) is 1. The van der Waals surface area contributed by atoms with Crippen LogP contribution in [0.25, 0.3) is 0 Å². The van der Waals surface area contributed by atoms with E-state index in [1.807, 2.05) is 18.7 Å². The van der Waals surface area contributed by atoms with E-state index in [1.165, 1.54) is 0 Å². The minimum atomic E-state index is -0.789. The highest BCUT2D eigenvalue weighted by Crippen LogP contribution is 2.22. The number of nitrogens with two attached hydrogens (primary N) is 1. The molecule has 0 spiro atoms. The van der Waals surface area contributed by atoms with Crippen molar-refractivity contribution in [1.29, 1.82) is 0 Å². The maximum atomic E-state index is 13.7. The zero-order valence-electron chi connectivity index (χ0n) is 11.5. The predicted octanol–water partition coefficient (Wildman–Crippen LogP) is 1.82.